The first-order valence-electron chi connectivity index (χ1n) is 5.35. The van der Waals surface area contributed by atoms with E-state index in [2.05, 4.69) is 73.3 Å². The van der Waals surface area contributed by atoms with E-state index in [1.54, 1.807) is 0 Å². The minimum atomic E-state index is -3.72. The summed E-state index contributed by atoms with van der Waals surface area (Å²) in [6.45, 7) is 8.94. The third-order valence-corrected chi connectivity index (χ3v) is 2.24. The van der Waals surface area contributed by atoms with Crippen molar-refractivity contribution >= 4 is 29.6 Å². The van der Waals surface area contributed by atoms with Gasteiger partial charge in [0, 0.05) is 21.4 Å². The molecule has 0 saturated heterocycles. The third-order valence-electron chi connectivity index (χ3n) is 2.24. The smallest absolute Gasteiger partial charge is 0.195 e. The van der Waals surface area contributed by atoms with Crippen molar-refractivity contribution < 1.29 is 8.42 Å². The second-order valence-electron chi connectivity index (χ2n) is 4.36. The van der Waals surface area contributed by atoms with Gasteiger partial charge < -0.3 is 0 Å². The maximum Gasteiger partial charge on any atom is 0.317 e. The fourth-order valence-corrected chi connectivity index (χ4v) is 1.28. The van der Waals surface area contributed by atoms with Gasteiger partial charge in [-0.05, 0) is 23.0 Å². The van der Waals surface area contributed by atoms with Crippen molar-refractivity contribution in [1.29, 1.82) is 0 Å². The van der Waals surface area contributed by atoms with Crippen LogP contribution < -0.4 is 0 Å². The van der Waals surface area contributed by atoms with Gasteiger partial charge in [0.1, 0.15) is 0 Å². The molecule has 98 valence electrons. The molecule has 0 bridgehead atoms. The Morgan fingerprint density at radius 1 is 0.941 bits per heavy atom. The quantitative estimate of drug-likeness (QED) is 0.745. The van der Waals surface area contributed by atoms with Crippen molar-refractivity contribution in [3.63, 3.8) is 0 Å². The molecule has 0 unspecified atom stereocenters. The monoisotopic (exact) mass is 296 g/mol. The molecule has 1 aromatic carbocycles. The number of benzene rings is 1. The second-order valence-corrected chi connectivity index (χ2v) is 8.03. The predicted octanol–water partition coefficient (Wildman–Crippen LogP) is 4.64. The van der Waals surface area contributed by atoms with E-state index in [0.717, 1.165) is 0 Å². The molecule has 0 aliphatic rings. The minimum absolute atomic E-state index is 0.642. The van der Waals surface area contributed by atoms with Crippen LogP contribution in [0.15, 0.2) is 24.3 Å². The van der Waals surface area contributed by atoms with E-state index in [-0.39, 0.29) is 0 Å². The number of hydrogen-bond acceptors (Lipinski definition) is 2. The lowest BCUT2D eigenvalue weighted by Gasteiger charge is -2.09. The minimum Gasteiger partial charge on any atom is -0.195 e. The van der Waals surface area contributed by atoms with Gasteiger partial charge in [-0.3, -0.25) is 0 Å². The molecule has 1 aromatic rings. The Morgan fingerprint density at radius 2 is 1.24 bits per heavy atom. The van der Waals surface area contributed by atoms with Crippen LogP contribution in [0, 0.1) is 0 Å². The van der Waals surface area contributed by atoms with Crippen LogP contribution in [0.4, 0.5) is 0 Å². The summed E-state index contributed by atoms with van der Waals surface area (Å²) in [6.07, 6.45) is 0. The Labute approximate surface area is 113 Å². The highest BCUT2D eigenvalue weighted by molar-refractivity contribution is 8.31. The zero-order valence-corrected chi connectivity index (χ0v) is 12.8. The van der Waals surface area contributed by atoms with E-state index in [9.17, 15) is 0 Å². The maximum atomic E-state index is 9.16. The normalized spacial score (nSPS) is 11.3. The Bertz CT molecular complexity index is 408. The summed E-state index contributed by atoms with van der Waals surface area (Å²) >= 11 is 0. The van der Waals surface area contributed by atoms with Crippen molar-refractivity contribution in [2.24, 2.45) is 0 Å². The molecule has 0 aliphatic carbocycles. The molecule has 0 radical (unpaired) electrons. The summed E-state index contributed by atoms with van der Waals surface area (Å²) in [6, 6.07) is 8.88. The molecular weight excluding hydrogens is 279 g/mol. The number of rotatable bonds is 2. The van der Waals surface area contributed by atoms with Crippen molar-refractivity contribution in [2.45, 2.75) is 39.5 Å². The molecule has 17 heavy (non-hydrogen) atoms. The molecule has 0 N–H and O–H groups in total. The first-order valence-corrected chi connectivity index (χ1v) is 8.49. The lowest BCUT2D eigenvalue weighted by atomic mass is 9.96. The average molecular weight is 297 g/mol. The highest BCUT2D eigenvalue weighted by Crippen LogP contribution is 2.20. The highest BCUT2D eigenvalue weighted by atomic mass is 36.0. The van der Waals surface area contributed by atoms with Crippen molar-refractivity contribution in [2.75, 3.05) is 0 Å². The van der Waals surface area contributed by atoms with E-state index in [0.29, 0.717) is 11.8 Å². The summed E-state index contributed by atoms with van der Waals surface area (Å²) in [5.74, 6) is 1.28. The molecule has 0 fully saturated rings. The molecule has 0 heterocycles. The van der Waals surface area contributed by atoms with Gasteiger partial charge in [0.15, 0.2) is 0 Å². The van der Waals surface area contributed by atoms with E-state index in [4.69, 9.17) is 8.42 Å². The van der Waals surface area contributed by atoms with E-state index in [1.807, 2.05) is 0 Å². The van der Waals surface area contributed by atoms with Crippen LogP contribution in [0.1, 0.15) is 50.7 Å². The van der Waals surface area contributed by atoms with E-state index in [1.165, 1.54) is 11.1 Å². The van der Waals surface area contributed by atoms with E-state index >= 15 is 0 Å². The Kier molecular flexibility index (Phi) is 7.14. The predicted molar refractivity (Wildman–Crippen MR) is 75.2 cm³/mol. The summed E-state index contributed by atoms with van der Waals surface area (Å²) in [7, 11) is 4.81. The summed E-state index contributed by atoms with van der Waals surface area (Å²) in [4.78, 5) is 0. The van der Waals surface area contributed by atoms with Crippen LogP contribution in [0.2, 0.25) is 0 Å². The van der Waals surface area contributed by atoms with Gasteiger partial charge in [-0.1, -0.05) is 52.0 Å². The Hall–Kier alpha value is -0.250. The van der Waals surface area contributed by atoms with Gasteiger partial charge in [-0.2, -0.15) is 8.42 Å². The average Bonchev–Trinajstić information content (AvgIpc) is 2.15. The van der Waals surface area contributed by atoms with Crippen molar-refractivity contribution in [3.8, 4) is 0 Å². The SMILES string of the molecule is CC(C)c1cccc(C(C)C)c1.O=S(=O)(Cl)Cl. The molecular formula is C12H18Cl2O2S. The zero-order chi connectivity index (χ0) is 13.6. The molecule has 1 rings (SSSR count). The maximum absolute atomic E-state index is 9.16. The fourth-order valence-electron chi connectivity index (χ4n) is 1.28. The van der Waals surface area contributed by atoms with Crippen LogP contribution in [0.25, 0.3) is 0 Å². The topological polar surface area (TPSA) is 34.1 Å². The molecule has 0 amide bonds. The number of hydrogen-bond donors (Lipinski definition) is 0. The van der Waals surface area contributed by atoms with Crippen LogP contribution >= 0.6 is 21.4 Å². The van der Waals surface area contributed by atoms with Crippen LogP contribution in [-0.4, -0.2) is 8.42 Å². The number of halogens is 2. The largest absolute Gasteiger partial charge is 0.317 e. The summed E-state index contributed by atoms with van der Waals surface area (Å²) in [5.41, 5.74) is 2.89. The molecule has 0 atom stereocenters. The first-order chi connectivity index (χ1) is 7.61. The van der Waals surface area contributed by atoms with Crippen LogP contribution in [0.5, 0.6) is 0 Å². The van der Waals surface area contributed by atoms with Gasteiger partial charge in [0.2, 0.25) is 0 Å². The lowest BCUT2D eigenvalue weighted by Crippen LogP contribution is -1.91. The lowest BCUT2D eigenvalue weighted by molar-refractivity contribution is 0.621. The van der Waals surface area contributed by atoms with Gasteiger partial charge in [-0.25, -0.2) is 0 Å². The molecule has 2 nitrogen and oxygen atoms in total. The fraction of sp³-hybridized carbons (Fsp3) is 0.500. The first kappa shape index (κ1) is 16.8. The summed E-state index contributed by atoms with van der Waals surface area (Å²) < 4.78 is 18.3. The Balaban J connectivity index is 0.000000437. The molecule has 0 aliphatic heterocycles. The van der Waals surface area contributed by atoms with E-state index < -0.39 is 8.26 Å². The van der Waals surface area contributed by atoms with Crippen molar-refractivity contribution in [1.82, 2.24) is 0 Å². The van der Waals surface area contributed by atoms with Crippen molar-refractivity contribution in [3.05, 3.63) is 35.4 Å². The standard InChI is InChI=1S/C12H18.Cl2O2S/c1-9(2)11-6-5-7-12(8-11)10(3)4;1-5(2,3)4/h5-10H,1-4H3;. The van der Waals surface area contributed by atoms with Gasteiger partial charge >= 0.3 is 8.26 Å². The van der Waals surface area contributed by atoms with Gasteiger partial charge in [0.05, 0.1) is 0 Å². The van der Waals surface area contributed by atoms with Gasteiger partial charge in [0.25, 0.3) is 0 Å². The second kappa shape index (κ2) is 7.24. The highest BCUT2D eigenvalue weighted by Gasteiger charge is 2.02. The molecule has 5 heteroatoms. The van der Waals surface area contributed by atoms with Crippen LogP contribution in [0.3, 0.4) is 0 Å². The van der Waals surface area contributed by atoms with Crippen LogP contribution in [-0.2, 0) is 8.26 Å². The molecule has 0 saturated carbocycles. The molecule has 0 aromatic heterocycles. The Morgan fingerprint density at radius 3 is 1.47 bits per heavy atom. The third kappa shape index (κ3) is 9.45. The zero-order valence-electron chi connectivity index (χ0n) is 10.4. The summed E-state index contributed by atoms with van der Waals surface area (Å²) in [5, 5.41) is 0. The van der Waals surface area contributed by atoms with Gasteiger partial charge in [-0.15, -0.1) is 0 Å². The molecule has 0 spiro atoms.